The van der Waals surface area contributed by atoms with Crippen LogP contribution in [0.5, 0.6) is 0 Å². The third kappa shape index (κ3) is 3.35. The Morgan fingerprint density at radius 3 is 2.70 bits per heavy atom. The molecule has 0 radical (unpaired) electrons. The first-order valence-electron chi connectivity index (χ1n) is 8.85. The van der Waals surface area contributed by atoms with Crippen LogP contribution in [0.15, 0.2) is 35.0 Å². The van der Waals surface area contributed by atoms with Gasteiger partial charge in [0.15, 0.2) is 11.7 Å². The van der Waals surface area contributed by atoms with Gasteiger partial charge in [-0.1, -0.05) is 24.3 Å². The maximum absolute atomic E-state index is 11.9. The summed E-state index contributed by atoms with van der Waals surface area (Å²) in [7, 11) is 1.31. The van der Waals surface area contributed by atoms with E-state index in [9.17, 15) is 4.79 Å². The highest BCUT2D eigenvalue weighted by Gasteiger charge is 2.22. The number of ether oxygens (including phenoxy) is 2. The lowest BCUT2D eigenvalue weighted by molar-refractivity contribution is -0.0311. The van der Waals surface area contributed by atoms with Crippen LogP contribution in [0.2, 0.25) is 0 Å². The maximum Gasteiger partial charge on any atom is 0.376 e. The number of aryl methyl sites for hydroxylation is 1. The molecule has 0 amide bonds. The molecule has 0 spiro atoms. The highest BCUT2D eigenvalue weighted by Crippen LogP contribution is 2.30. The Morgan fingerprint density at radius 2 is 2.00 bits per heavy atom. The largest absolute Gasteiger partial charge is 0.463 e. The van der Waals surface area contributed by atoms with Gasteiger partial charge in [0.1, 0.15) is 18.2 Å². The second kappa shape index (κ2) is 7.32. The summed E-state index contributed by atoms with van der Waals surface area (Å²) in [5.74, 6) is 0.701. The normalized spacial score (nSPS) is 17.0. The second-order valence-electron chi connectivity index (χ2n) is 6.36. The number of oxazole rings is 1. The first-order chi connectivity index (χ1) is 13.2. The Kier molecular flexibility index (Phi) is 4.72. The number of esters is 1. The second-order valence-corrected chi connectivity index (χ2v) is 6.36. The molecule has 1 atom stereocenters. The zero-order valence-corrected chi connectivity index (χ0v) is 15.2. The van der Waals surface area contributed by atoms with Gasteiger partial charge in [-0.25, -0.2) is 9.78 Å². The van der Waals surface area contributed by atoms with Crippen LogP contribution >= 0.6 is 0 Å². The van der Waals surface area contributed by atoms with Crippen molar-refractivity contribution in [1.29, 1.82) is 0 Å². The number of hydrogen-bond donors (Lipinski definition) is 0. The summed E-state index contributed by atoms with van der Waals surface area (Å²) in [5.41, 5.74) is 2.13. The van der Waals surface area contributed by atoms with Gasteiger partial charge < -0.3 is 13.9 Å². The Balaban J connectivity index is 1.65. The van der Waals surface area contributed by atoms with Crippen LogP contribution < -0.4 is 0 Å². The molecule has 1 aromatic carbocycles. The van der Waals surface area contributed by atoms with Crippen molar-refractivity contribution < 1.29 is 18.7 Å². The van der Waals surface area contributed by atoms with E-state index in [0.29, 0.717) is 11.6 Å². The number of hydrogen-bond acceptors (Lipinski definition) is 7. The fourth-order valence-electron chi connectivity index (χ4n) is 3.23. The number of methoxy groups -OCH3 is 1. The molecule has 0 N–H and O–H groups in total. The molecule has 8 nitrogen and oxygen atoms in total. The molecule has 1 fully saturated rings. The van der Waals surface area contributed by atoms with Gasteiger partial charge in [-0.2, -0.15) is 0 Å². The standard InChI is InChI=1S/C19H20N4O4/c1-12-21-16(17(27-12)19(24)25-2)13-6-8-14(9-7-13)18-22-20-11-23(18)15-5-3-4-10-26-15/h6-9,11,15H,3-5,10H2,1-2H3. The molecule has 3 aromatic rings. The molecule has 1 aliphatic rings. The zero-order chi connectivity index (χ0) is 18.8. The molecule has 3 heterocycles. The minimum Gasteiger partial charge on any atom is -0.463 e. The zero-order valence-electron chi connectivity index (χ0n) is 15.2. The number of benzene rings is 1. The topological polar surface area (TPSA) is 92.3 Å². The lowest BCUT2D eigenvalue weighted by Gasteiger charge is -2.24. The van der Waals surface area contributed by atoms with Crippen molar-refractivity contribution in [3.63, 3.8) is 0 Å². The van der Waals surface area contributed by atoms with Crippen molar-refractivity contribution >= 4 is 5.97 Å². The van der Waals surface area contributed by atoms with Crippen molar-refractivity contribution in [3.05, 3.63) is 42.2 Å². The molecular formula is C19H20N4O4. The average Bonchev–Trinajstić information content (AvgIpc) is 3.35. The highest BCUT2D eigenvalue weighted by atomic mass is 16.5. The van der Waals surface area contributed by atoms with Gasteiger partial charge in [-0.15, -0.1) is 10.2 Å². The SMILES string of the molecule is COC(=O)c1oc(C)nc1-c1ccc(-c2nncn2C2CCCCO2)cc1. The summed E-state index contributed by atoms with van der Waals surface area (Å²) in [5, 5.41) is 8.30. The Hall–Kier alpha value is -3.00. The van der Waals surface area contributed by atoms with Crippen LogP contribution in [0.3, 0.4) is 0 Å². The summed E-state index contributed by atoms with van der Waals surface area (Å²) in [4.78, 5) is 16.2. The van der Waals surface area contributed by atoms with Crippen LogP contribution in [-0.2, 0) is 9.47 Å². The molecule has 1 unspecified atom stereocenters. The van der Waals surface area contributed by atoms with E-state index in [1.807, 2.05) is 28.8 Å². The molecule has 27 heavy (non-hydrogen) atoms. The molecule has 1 saturated heterocycles. The van der Waals surface area contributed by atoms with Gasteiger partial charge in [-0.05, 0) is 19.3 Å². The fourth-order valence-corrected chi connectivity index (χ4v) is 3.23. The average molecular weight is 368 g/mol. The van der Waals surface area contributed by atoms with Gasteiger partial charge in [-0.3, -0.25) is 4.57 Å². The third-order valence-electron chi connectivity index (χ3n) is 4.56. The van der Waals surface area contributed by atoms with Crippen molar-refractivity contribution in [2.24, 2.45) is 0 Å². The Morgan fingerprint density at radius 1 is 1.22 bits per heavy atom. The molecule has 0 aliphatic carbocycles. The molecule has 8 heteroatoms. The number of nitrogens with zero attached hydrogens (tertiary/aromatic N) is 4. The molecule has 140 valence electrons. The number of carbonyl (C=O) groups excluding carboxylic acids is 1. The van der Waals surface area contributed by atoms with E-state index in [-0.39, 0.29) is 12.0 Å². The predicted octanol–water partition coefficient (Wildman–Crippen LogP) is 3.39. The Bertz CT molecular complexity index is 939. The first-order valence-corrected chi connectivity index (χ1v) is 8.85. The number of carbonyl (C=O) groups is 1. The van der Waals surface area contributed by atoms with Crippen molar-refractivity contribution in [2.45, 2.75) is 32.4 Å². The van der Waals surface area contributed by atoms with Crippen LogP contribution in [0, 0.1) is 6.92 Å². The monoisotopic (exact) mass is 368 g/mol. The summed E-state index contributed by atoms with van der Waals surface area (Å²) < 4.78 is 18.0. The molecule has 4 rings (SSSR count). The van der Waals surface area contributed by atoms with Crippen LogP contribution in [0.4, 0.5) is 0 Å². The van der Waals surface area contributed by atoms with Crippen molar-refractivity contribution in [1.82, 2.24) is 19.7 Å². The number of rotatable bonds is 4. The number of aromatic nitrogens is 4. The first kappa shape index (κ1) is 17.4. The summed E-state index contributed by atoms with van der Waals surface area (Å²) in [6.07, 6.45) is 4.83. The summed E-state index contributed by atoms with van der Waals surface area (Å²) >= 11 is 0. The minimum atomic E-state index is -0.552. The maximum atomic E-state index is 11.9. The van der Waals surface area contributed by atoms with Gasteiger partial charge in [0, 0.05) is 24.7 Å². The van der Waals surface area contributed by atoms with Gasteiger partial charge >= 0.3 is 5.97 Å². The smallest absolute Gasteiger partial charge is 0.376 e. The predicted molar refractivity (Wildman–Crippen MR) is 95.9 cm³/mol. The highest BCUT2D eigenvalue weighted by molar-refractivity contribution is 5.93. The minimum absolute atomic E-state index is 0.0347. The molecule has 1 aliphatic heterocycles. The van der Waals surface area contributed by atoms with Crippen LogP contribution in [0.1, 0.15) is 41.9 Å². The van der Waals surface area contributed by atoms with E-state index < -0.39 is 5.97 Å². The molecule has 0 bridgehead atoms. The van der Waals surface area contributed by atoms with Gasteiger partial charge in [0.25, 0.3) is 0 Å². The summed E-state index contributed by atoms with van der Waals surface area (Å²) in [6, 6.07) is 7.59. The summed E-state index contributed by atoms with van der Waals surface area (Å²) in [6.45, 7) is 2.44. The third-order valence-corrected chi connectivity index (χ3v) is 4.56. The van der Waals surface area contributed by atoms with E-state index >= 15 is 0 Å². The van der Waals surface area contributed by atoms with Crippen molar-refractivity contribution in [2.75, 3.05) is 13.7 Å². The van der Waals surface area contributed by atoms with Crippen LogP contribution in [0.25, 0.3) is 22.6 Å². The van der Waals surface area contributed by atoms with E-state index in [2.05, 4.69) is 15.2 Å². The van der Waals surface area contributed by atoms with Crippen LogP contribution in [-0.4, -0.2) is 39.4 Å². The lowest BCUT2D eigenvalue weighted by atomic mass is 10.1. The molecule has 0 saturated carbocycles. The van der Waals surface area contributed by atoms with E-state index in [4.69, 9.17) is 13.9 Å². The Labute approximate surface area is 156 Å². The lowest BCUT2D eigenvalue weighted by Crippen LogP contribution is -2.18. The van der Waals surface area contributed by atoms with Crippen molar-refractivity contribution in [3.8, 4) is 22.6 Å². The molecule has 2 aromatic heterocycles. The van der Waals surface area contributed by atoms with E-state index in [0.717, 1.165) is 42.8 Å². The van der Waals surface area contributed by atoms with E-state index in [1.54, 1.807) is 13.3 Å². The fraction of sp³-hybridized carbons (Fsp3) is 0.368. The molecular weight excluding hydrogens is 348 g/mol. The van der Waals surface area contributed by atoms with Gasteiger partial charge in [0.05, 0.1) is 7.11 Å². The quantitative estimate of drug-likeness (QED) is 0.652. The van der Waals surface area contributed by atoms with E-state index in [1.165, 1.54) is 7.11 Å². The van der Waals surface area contributed by atoms with Gasteiger partial charge in [0.2, 0.25) is 5.76 Å².